The maximum atomic E-state index is 14.4. The third-order valence-electron chi connectivity index (χ3n) is 5.51. The molecule has 33 heavy (non-hydrogen) atoms. The van der Waals surface area contributed by atoms with E-state index < -0.39 is 47.9 Å². The largest absolute Gasteiger partial charge is 0.467 e. The Morgan fingerprint density at radius 1 is 1.00 bits per heavy atom. The topological polar surface area (TPSA) is 72.9 Å². The van der Waals surface area contributed by atoms with E-state index >= 15 is 0 Å². The summed E-state index contributed by atoms with van der Waals surface area (Å²) in [4.78, 5) is 39.8. The number of carbonyl (C=O) groups is 3. The maximum absolute atomic E-state index is 14.4. The Morgan fingerprint density at radius 2 is 1.61 bits per heavy atom. The van der Waals surface area contributed by atoms with E-state index in [2.05, 4.69) is 4.74 Å². The Balaban J connectivity index is 2.29. The summed E-state index contributed by atoms with van der Waals surface area (Å²) in [5, 5.41) is 0.308. The summed E-state index contributed by atoms with van der Waals surface area (Å²) in [6, 6.07) is 9.67. The normalized spacial score (nSPS) is 22.7. The fourth-order valence-corrected chi connectivity index (χ4v) is 4.33. The molecule has 1 amide bonds. The molecule has 6 nitrogen and oxygen atoms in total. The second kappa shape index (κ2) is 9.82. The number of likely N-dealkylation sites (tertiary alicyclic amines) is 1. The monoisotopic (exact) mass is 483 g/mol. The zero-order valence-electron chi connectivity index (χ0n) is 17.7. The van der Waals surface area contributed by atoms with E-state index in [4.69, 9.17) is 16.3 Å². The van der Waals surface area contributed by atoms with Gasteiger partial charge in [-0.25, -0.2) is 4.79 Å². The number of esters is 2. The predicted octanol–water partition coefficient (Wildman–Crippen LogP) is 4.44. The van der Waals surface area contributed by atoms with Crippen LogP contribution in [0.4, 0.5) is 13.2 Å². The number of ether oxygens (including phenoxy) is 2. The van der Waals surface area contributed by atoms with E-state index in [1.54, 1.807) is 6.07 Å². The van der Waals surface area contributed by atoms with Crippen LogP contribution in [-0.4, -0.2) is 48.7 Å². The highest BCUT2D eigenvalue weighted by molar-refractivity contribution is 6.30. The Morgan fingerprint density at radius 3 is 2.12 bits per heavy atom. The quantitative estimate of drug-likeness (QED) is 0.588. The van der Waals surface area contributed by atoms with Gasteiger partial charge in [-0.15, -0.1) is 0 Å². The first-order valence-electron chi connectivity index (χ1n) is 10.1. The lowest BCUT2D eigenvalue weighted by Gasteiger charge is -2.31. The van der Waals surface area contributed by atoms with Crippen molar-refractivity contribution in [2.75, 3.05) is 13.7 Å². The lowest BCUT2D eigenvalue weighted by Crippen LogP contribution is -2.48. The van der Waals surface area contributed by atoms with Gasteiger partial charge >= 0.3 is 18.1 Å². The third kappa shape index (κ3) is 4.83. The molecule has 0 aliphatic carbocycles. The summed E-state index contributed by atoms with van der Waals surface area (Å²) in [6.45, 7) is 1.28. The first-order valence-corrected chi connectivity index (χ1v) is 10.4. The van der Waals surface area contributed by atoms with Gasteiger partial charge in [0.05, 0.1) is 25.7 Å². The van der Waals surface area contributed by atoms with Crippen LogP contribution in [0.15, 0.2) is 54.6 Å². The molecule has 1 aliphatic heterocycles. The number of halogens is 4. The fourth-order valence-electron chi connectivity index (χ4n) is 4.20. The van der Waals surface area contributed by atoms with Gasteiger partial charge in [-0.2, -0.15) is 13.2 Å². The molecule has 0 aromatic heterocycles. The van der Waals surface area contributed by atoms with Crippen molar-refractivity contribution in [1.29, 1.82) is 0 Å². The molecule has 0 bridgehead atoms. The minimum absolute atomic E-state index is 0.0517. The van der Waals surface area contributed by atoms with Crippen molar-refractivity contribution >= 4 is 29.4 Å². The number of benzene rings is 2. The molecule has 0 N–H and O–H groups in total. The molecule has 2 aromatic carbocycles. The second-order valence-corrected chi connectivity index (χ2v) is 7.82. The third-order valence-corrected chi connectivity index (χ3v) is 5.76. The van der Waals surface area contributed by atoms with Crippen molar-refractivity contribution in [2.24, 2.45) is 11.8 Å². The summed E-state index contributed by atoms with van der Waals surface area (Å²) >= 11 is 5.94. The van der Waals surface area contributed by atoms with Crippen molar-refractivity contribution in [1.82, 2.24) is 4.90 Å². The van der Waals surface area contributed by atoms with Crippen molar-refractivity contribution in [2.45, 2.75) is 25.2 Å². The molecule has 0 unspecified atom stereocenters. The SMILES string of the molecule is CCOC(=O)[C@@H]1[C@H](C(F)(F)F)[C@H](C(=O)OC)N(C(=O)c2ccccc2)[C@@H]1c1ccc(Cl)cc1. The molecule has 4 atom stereocenters. The Hall–Kier alpha value is -3.07. The van der Waals surface area contributed by atoms with Crippen LogP contribution in [0.3, 0.4) is 0 Å². The van der Waals surface area contributed by atoms with Gasteiger partial charge in [-0.3, -0.25) is 9.59 Å². The zero-order chi connectivity index (χ0) is 24.3. The van der Waals surface area contributed by atoms with E-state index in [0.29, 0.717) is 5.02 Å². The maximum Gasteiger partial charge on any atom is 0.395 e. The number of hydrogen-bond donors (Lipinski definition) is 0. The molecule has 1 aliphatic rings. The fraction of sp³-hybridized carbons (Fsp3) is 0.348. The highest BCUT2D eigenvalue weighted by Gasteiger charge is 2.66. The van der Waals surface area contributed by atoms with E-state index in [1.807, 2.05) is 0 Å². The van der Waals surface area contributed by atoms with Crippen molar-refractivity contribution in [3.8, 4) is 0 Å². The van der Waals surface area contributed by atoms with E-state index in [9.17, 15) is 27.6 Å². The second-order valence-electron chi connectivity index (χ2n) is 7.39. The van der Waals surface area contributed by atoms with Gasteiger partial charge in [0, 0.05) is 10.6 Å². The van der Waals surface area contributed by atoms with Crippen LogP contribution in [0.1, 0.15) is 28.9 Å². The number of methoxy groups -OCH3 is 1. The highest BCUT2D eigenvalue weighted by Crippen LogP contribution is 2.52. The van der Waals surface area contributed by atoms with Crippen molar-refractivity contribution in [3.63, 3.8) is 0 Å². The van der Waals surface area contributed by atoms with Gasteiger partial charge in [0.1, 0.15) is 12.0 Å². The van der Waals surface area contributed by atoms with Gasteiger partial charge in [0.15, 0.2) is 0 Å². The number of hydrogen-bond acceptors (Lipinski definition) is 5. The molecule has 0 spiro atoms. The minimum Gasteiger partial charge on any atom is -0.467 e. The number of alkyl halides is 3. The summed E-state index contributed by atoms with van der Waals surface area (Å²) in [6.07, 6.45) is -5.02. The van der Waals surface area contributed by atoms with Crippen LogP contribution in [0.2, 0.25) is 5.02 Å². The van der Waals surface area contributed by atoms with Gasteiger partial charge < -0.3 is 14.4 Å². The van der Waals surface area contributed by atoms with Crippen LogP contribution in [-0.2, 0) is 19.1 Å². The molecule has 0 radical (unpaired) electrons. The summed E-state index contributed by atoms with van der Waals surface area (Å²) in [7, 11) is 0.927. The number of carbonyl (C=O) groups excluding carboxylic acids is 3. The lowest BCUT2D eigenvalue weighted by atomic mass is 9.84. The molecule has 1 heterocycles. The molecule has 10 heteroatoms. The number of rotatable bonds is 5. The van der Waals surface area contributed by atoms with Crippen LogP contribution < -0.4 is 0 Å². The molecule has 176 valence electrons. The van der Waals surface area contributed by atoms with Gasteiger partial charge in [-0.1, -0.05) is 41.9 Å². The van der Waals surface area contributed by atoms with Gasteiger partial charge in [-0.05, 0) is 36.8 Å². The smallest absolute Gasteiger partial charge is 0.395 e. The number of amides is 1. The average Bonchev–Trinajstić information content (AvgIpc) is 3.16. The molecule has 3 rings (SSSR count). The van der Waals surface area contributed by atoms with Crippen molar-refractivity contribution in [3.05, 3.63) is 70.7 Å². The van der Waals surface area contributed by atoms with E-state index in [-0.39, 0.29) is 17.7 Å². The zero-order valence-corrected chi connectivity index (χ0v) is 18.5. The molecule has 0 saturated carbocycles. The standard InChI is InChI=1S/C23H21ClF3NO5/c1-3-33-21(30)16-17(23(25,26)27)19(22(31)32-2)28(20(29)14-7-5-4-6-8-14)18(16)13-9-11-15(24)12-10-13/h4-12,16-19H,3H2,1-2H3/t16-,17+,18-,19-/m1/s1. The van der Waals surface area contributed by atoms with Crippen molar-refractivity contribution < 1.29 is 37.0 Å². The molecule has 2 aromatic rings. The van der Waals surface area contributed by atoms with Gasteiger partial charge in [0.2, 0.25) is 0 Å². The van der Waals surface area contributed by atoms with Crippen LogP contribution >= 0.6 is 11.6 Å². The first kappa shape index (κ1) is 24.6. The summed E-state index contributed by atoms with van der Waals surface area (Å²) in [5.74, 6) is -7.75. The predicted molar refractivity (Wildman–Crippen MR) is 112 cm³/mol. The van der Waals surface area contributed by atoms with E-state index in [0.717, 1.165) is 12.0 Å². The number of nitrogens with zero attached hydrogens (tertiary/aromatic N) is 1. The minimum atomic E-state index is -5.02. The Bertz CT molecular complexity index is 1010. The molecular formula is C23H21ClF3NO5. The van der Waals surface area contributed by atoms with Crippen LogP contribution in [0.25, 0.3) is 0 Å². The highest BCUT2D eigenvalue weighted by atomic mass is 35.5. The average molecular weight is 484 g/mol. The van der Waals surface area contributed by atoms with Crippen LogP contribution in [0.5, 0.6) is 0 Å². The molecule has 1 fully saturated rings. The Labute approximate surface area is 193 Å². The first-order chi connectivity index (χ1) is 15.6. The lowest BCUT2D eigenvalue weighted by molar-refractivity contribution is -0.202. The Kier molecular flexibility index (Phi) is 7.31. The van der Waals surface area contributed by atoms with E-state index in [1.165, 1.54) is 55.5 Å². The summed E-state index contributed by atoms with van der Waals surface area (Å²) in [5.41, 5.74) is 0.248. The summed E-state index contributed by atoms with van der Waals surface area (Å²) < 4.78 is 52.8. The molecule has 1 saturated heterocycles. The van der Waals surface area contributed by atoms with Gasteiger partial charge in [0.25, 0.3) is 5.91 Å². The van der Waals surface area contributed by atoms with Crippen LogP contribution in [0, 0.1) is 11.8 Å². The molecular weight excluding hydrogens is 463 g/mol.